The number of benzene rings is 1. The number of methoxy groups -OCH3 is 1. The molecule has 1 aliphatic heterocycles. The Morgan fingerprint density at radius 1 is 1.17 bits per heavy atom. The van der Waals surface area contributed by atoms with Crippen LogP contribution in [0.3, 0.4) is 0 Å². The van der Waals surface area contributed by atoms with Gasteiger partial charge in [-0.25, -0.2) is 0 Å². The lowest BCUT2D eigenvalue weighted by molar-refractivity contribution is -0.277. The molecule has 1 saturated heterocycles. The fourth-order valence-corrected chi connectivity index (χ4v) is 2.47. The van der Waals surface area contributed by atoms with Gasteiger partial charge in [-0.05, 0) is 6.92 Å². The Kier molecular flexibility index (Phi) is 5.62. The first kappa shape index (κ1) is 18.4. The van der Waals surface area contributed by atoms with Gasteiger partial charge in [0.05, 0.1) is 13.7 Å². The molecule has 1 fully saturated rings. The summed E-state index contributed by atoms with van der Waals surface area (Å²) in [6.45, 7) is 0.642. The number of carbonyl (C=O) groups is 1. The van der Waals surface area contributed by atoms with E-state index in [1.54, 1.807) is 0 Å². The van der Waals surface area contributed by atoms with Crippen molar-refractivity contribution in [2.45, 2.75) is 37.6 Å². The second-order valence-corrected chi connectivity index (χ2v) is 5.39. The summed E-state index contributed by atoms with van der Waals surface area (Å²) < 4.78 is 15.7. The van der Waals surface area contributed by atoms with E-state index in [-0.39, 0.29) is 22.8 Å². The quantitative estimate of drug-likeness (QED) is 0.415. The first-order valence-corrected chi connectivity index (χ1v) is 7.19. The van der Waals surface area contributed by atoms with Crippen molar-refractivity contribution in [2.24, 2.45) is 0 Å². The van der Waals surface area contributed by atoms with Crippen LogP contribution >= 0.6 is 0 Å². The number of aliphatic hydroxyl groups excluding tert-OH is 4. The van der Waals surface area contributed by atoms with Gasteiger partial charge in [0.2, 0.25) is 6.29 Å². The molecule has 0 amide bonds. The Hall–Kier alpha value is -1.91. The standard InChI is InChI=1S/C15H20O9/c1-6(17)11-8(22-2)3-7(18)4-9(11)23-15-14(21)13(20)12(19)10(5-16)24-15/h3-4,10,12-16,18-21H,5H2,1-2H3. The summed E-state index contributed by atoms with van der Waals surface area (Å²) in [4.78, 5) is 11.8. The van der Waals surface area contributed by atoms with Crippen molar-refractivity contribution >= 4 is 5.78 Å². The number of ether oxygens (including phenoxy) is 3. The minimum Gasteiger partial charge on any atom is -0.508 e. The van der Waals surface area contributed by atoms with Crippen LogP contribution < -0.4 is 9.47 Å². The average molecular weight is 344 g/mol. The Balaban J connectivity index is 2.36. The van der Waals surface area contributed by atoms with Gasteiger partial charge in [0.1, 0.15) is 47.2 Å². The molecule has 0 saturated carbocycles. The zero-order valence-corrected chi connectivity index (χ0v) is 13.1. The van der Waals surface area contributed by atoms with Gasteiger partial charge in [-0.2, -0.15) is 0 Å². The van der Waals surface area contributed by atoms with E-state index in [9.17, 15) is 30.3 Å². The smallest absolute Gasteiger partial charge is 0.229 e. The minimum atomic E-state index is -1.64. The number of phenolic OH excluding ortho intramolecular Hbond substituents is 1. The molecule has 9 heteroatoms. The average Bonchev–Trinajstić information content (AvgIpc) is 2.54. The Bertz CT molecular complexity index is 601. The molecule has 1 heterocycles. The van der Waals surface area contributed by atoms with Crippen LogP contribution in [-0.4, -0.2) is 75.7 Å². The van der Waals surface area contributed by atoms with Gasteiger partial charge in [-0.15, -0.1) is 0 Å². The molecule has 5 atom stereocenters. The fraction of sp³-hybridized carbons (Fsp3) is 0.533. The molecule has 0 aromatic heterocycles. The number of phenols is 1. The van der Waals surface area contributed by atoms with Crippen molar-refractivity contribution in [3.05, 3.63) is 17.7 Å². The van der Waals surface area contributed by atoms with Crippen LogP contribution in [0.5, 0.6) is 17.2 Å². The zero-order chi connectivity index (χ0) is 18.0. The summed E-state index contributed by atoms with van der Waals surface area (Å²) in [6.07, 6.45) is -7.44. The van der Waals surface area contributed by atoms with E-state index < -0.39 is 43.1 Å². The topological polar surface area (TPSA) is 146 Å². The van der Waals surface area contributed by atoms with Crippen LogP contribution in [-0.2, 0) is 4.74 Å². The van der Waals surface area contributed by atoms with Crippen molar-refractivity contribution < 1.29 is 44.5 Å². The molecule has 0 spiro atoms. The number of ketones is 1. The van der Waals surface area contributed by atoms with Gasteiger partial charge in [0, 0.05) is 12.1 Å². The molecule has 2 rings (SSSR count). The third kappa shape index (κ3) is 3.45. The summed E-state index contributed by atoms with van der Waals surface area (Å²) in [7, 11) is 1.30. The van der Waals surface area contributed by atoms with E-state index in [0.29, 0.717) is 0 Å². The largest absolute Gasteiger partial charge is 0.508 e. The lowest BCUT2D eigenvalue weighted by Crippen LogP contribution is -2.60. The molecule has 134 valence electrons. The number of rotatable bonds is 5. The molecule has 5 unspecified atom stereocenters. The van der Waals surface area contributed by atoms with Gasteiger partial charge >= 0.3 is 0 Å². The normalized spacial score (nSPS) is 30.0. The summed E-state index contributed by atoms with van der Waals surface area (Å²) in [5.74, 6) is -0.756. The molecule has 24 heavy (non-hydrogen) atoms. The second-order valence-electron chi connectivity index (χ2n) is 5.39. The lowest BCUT2D eigenvalue weighted by atomic mass is 9.99. The van der Waals surface area contributed by atoms with Crippen LogP contribution in [0.25, 0.3) is 0 Å². The van der Waals surface area contributed by atoms with Crippen molar-refractivity contribution in [3.8, 4) is 17.2 Å². The summed E-state index contributed by atoms with van der Waals surface area (Å²) in [6, 6.07) is 2.34. The highest BCUT2D eigenvalue weighted by molar-refractivity contribution is 6.00. The number of Topliss-reactive ketones (excluding diaryl/α,β-unsaturated/α-hetero) is 1. The molecular weight excluding hydrogens is 324 g/mol. The predicted molar refractivity (Wildman–Crippen MR) is 79.1 cm³/mol. The van der Waals surface area contributed by atoms with Crippen LogP contribution in [0.2, 0.25) is 0 Å². The second kappa shape index (κ2) is 7.32. The Morgan fingerprint density at radius 2 is 1.79 bits per heavy atom. The first-order chi connectivity index (χ1) is 11.3. The summed E-state index contributed by atoms with van der Waals surface area (Å²) >= 11 is 0. The molecular formula is C15H20O9. The number of carbonyl (C=O) groups excluding carboxylic acids is 1. The monoisotopic (exact) mass is 344 g/mol. The maximum atomic E-state index is 11.8. The van der Waals surface area contributed by atoms with Crippen LogP contribution in [0, 0.1) is 0 Å². The molecule has 1 aliphatic rings. The van der Waals surface area contributed by atoms with Crippen molar-refractivity contribution in [3.63, 3.8) is 0 Å². The van der Waals surface area contributed by atoms with E-state index in [1.807, 2.05) is 0 Å². The highest BCUT2D eigenvalue weighted by Crippen LogP contribution is 2.36. The predicted octanol–water partition coefficient (Wildman–Crippen LogP) is -1.22. The van der Waals surface area contributed by atoms with Crippen LogP contribution in [0.15, 0.2) is 12.1 Å². The molecule has 0 radical (unpaired) electrons. The van der Waals surface area contributed by atoms with E-state index in [4.69, 9.17) is 14.2 Å². The Morgan fingerprint density at radius 3 is 2.33 bits per heavy atom. The molecule has 5 N–H and O–H groups in total. The maximum Gasteiger partial charge on any atom is 0.229 e. The zero-order valence-electron chi connectivity index (χ0n) is 13.1. The molecule has 1 aromatic rings. The van der Waals surface area contributed by atoms with E-state index in [0.717, 1.165) is 6.07 Å². The van der Waals surface area contributed by atoms with Crippen LogP contribution in [0.4, 0.5) is 0 Å². The third-order valence-electron chi connectivity index (χ3n) is 3.71. The SMILES string of the molecule is COc1cc(O)cc(OC2OC(CO)C(O)C(O)C2O)c1C(C)=O. The van der Waals surface area contributed by atoms with E-state index >= 15 is 0 Å². The molecule has 1 aromatic carbocycles. The van der Waals surface area contributed by atoms with Gasteiger partial charge in [0.25, 0.3) is 0 Å². The first-order valence-electron chi connectivity index (χ1n) is 7.19. The van der Waals surface area contributed by atoms with Crippen LogP contribution in [0.1, 0.15) is 17.3 Å². The highest BCUT2D eigenvalue weighted by atomic mass is 16.7. The Labute approximate surface area is 137 Å². The van der Waals surface area contributed by atoms with E-state index in [1.165, 1.54) is 20.1 Å². The maximum absolute atomic E-state index is 11.8. The molecule has 0 bridgehead atoms. The fourth-order valence-electron chi connectivity index (χ4n) is 2.47. The van der Waals surface area contributed by atoms with Gasteiger partial charge in [-0.3, -0.25) is 4.79 Å². The van der Waals surface area contributed by atoms with Gasteiger partial charge in [0.15, 0.2) is 5.78 Å². The summed E-state index contributed by atoms with van der Waals surface area (Å²) in [5.41, 5.74) is 0.00672. The highest BCUT2D eigenvalue weighted by Gasteiger charge is 2.45. The number of aromatic hydroxyl groups is 1. The number of hydrogen-bond acceptors (Lipinski definition) is 9. The molecule has 0 aliphatic carbocycles. The van der Waals surface area contributed by atoms with Crippen molar-refractivity contribution in [2.75, 3.05) is 13.7 Å². The van der Waals surface area contributed by atoms with Crippen molar-refractivity contribution in [1.82, 2.24) is 0 Å². The third-order valence-corrected chi connectivity index (χ3v) is 3.71. The van der Waals surface area contributed by atoms with Gasteiger partial charge < -0.3 is 39.7 Å². The summed E-state index contributed by atoms with van der Waals surface area (Å²) in [5, 5.41) is 48.4. The minimum absolute atomic E-state index is 0.00672. The number of aliphatic hydroxyl groups is 4. The number of hydrogen-bond donors (Lipinski definition) is 5. The lowest BCUT2D eigenvalue weighted by Gasteiger charge is -2.39. The van der Waals surface area contributed by atoms with Gasteiger partial charge in [-0.1, -0.05) is 0 Å². The van der Waals surface area contributed by atoms with Crippen molar-refractivity contribution in [1.29, 1.82) is 0 Å². The van der Waals surface area contributed by atoms with E-state index in [2.05, 4.69) is 0 Å². The molecule has 9 nitrogen and oxygen atoms in total.